The van der Waals surface area contributed by atoms with E-state index in [2.05, 4.69) is 11.3 Å². The van der Waals surface area contributed by atoms with Gasteiger partial charge in [-0.15, -0.1) is 11.6 Å². The first-order valence-corrected chi connectivity index (χ1v) is 7.59. The number of carbonyl (C=O) groups is 3. The van der Waals surface area contributed by atoms with Crippen LogP contribution < -0.4 is 0 Å². The fraction of sp³-hybridized carbons (Fsp3) is 0.364. The SMILES string of the molecule is C=C1C(COC(C)=O)=C(C(=O)O)N2C(=O)[C@H](Cl)[C@@H]2S1(=O)=O. The molecule has 0 bridgehead atoms. The largest absolute Gasteiger partial charge is 0.477 e. The van der Waals surface area contributed by atoms with Gasteiger partial charge < -0.3 is 9.84 Å². The minimum Gasteiger partial charge on any atom is -0.477 e. The number of fused-ring (bicyclic) bond motifs is 1. The van der Waals surface area contributed by atoms with Crippen molar-refractivity contribution in [2.24, 2.45) is 0 Å². The zero-order valence-electron chi connectivity index (χ0n) is 10.7. The number of hydrogen-bond donors (Lipinski definition) is 1. The number of aliphatic carboxylic acids is 1. The molecule has 2 aliphatic rings. The van der Waals surface area contributed by atoms with Crippen molar-refractivity contribution >= 4 is 39.3 Å². The van der Waals surface area contributed by atoms with Gasteiger partial charge in [0.25, 0.3) is 0 Å². The van der Waals surface area contributed by atoms with E-state index in [1.165, 1.54) is 0 Å². The van der Waals surface area contributed by atoms with Gasteiger partial charge in [0.15, 0.2) is 5.37 Å². The van der Waals surface area contributed by atoms with Crippen molar-refractivity contribution in [1.82, 2.24) is 4.90 Å². The molecule has 2 heterocycles. The van der Waals surface area contributed by atoms with Crippen molar-refractivity contribution in [1.29, 1.82) is 0 Å². The molecule has 1 amide bonds. The van der Waals surface area contributed by atoms with Crippen LogP contribution in [-0.4, -0.2) is 53.6 Å². The lowest BCUT2D eigenvalue weighted by Gasteiger charge is -2.47. The van der Waals surface area contributed by atoms with Gasteiger partial charge in [-0.1, -0.05) is 6.58 Å². The summed E-state index contributed by atoms with van der Waals surface area (Å²) in [4.78, 5) is 33.9. The van der Waals surface area contributed by atoms with E-state index >= 15 is 0 Å². The second-order valence-corrected chi connectivity index (χ2v) is 6.92. The predicted molar refractivity (Wildman–Crippen MR) is 69.6 cm³/mol. The van der Waals surface area contributed by atoms with E-state index in [4.69, 9.17) is 11.6 Å². The van der Waals surface area contributed by atoms with Crippen LogP contribution >= 0.6 is 11.6 Å². The topological polar surface area (TPSA) is 118 Å². The Bertz CT molecular complexity index is 708. The highest BCUT2D eigenvalue weighted by molar-refractivity contribution is 7.96. The smallest absolute Gasteiger partial charge is 0.353 e. The molecule has 1 saturated heterocycles. The summed E-state index contributed by atoms with van der Waals surface area (Å²) >= 11 is 5.66. The molecule has 114 valence electrons. The second kappa shape index (κ2) is 4.85. The van der Waals surface area contributed by atoms with E-state index in [1.807, 2.05) is 0 Å². The normalized spacial score (nSPS) is 27.0. The Morgan fingerprint density at radius 3 is 2.52 bits per heavy atom. The third-order valence-corrected chi connectivity index (χ3v) is 5.75. The molecule has 2 atom stereocenters. The summed E-state index contributed by atoms with van der Waals surface area (Å²) in [5.74, 6) is -3.10. The molecule has 0 aliphatic carbocycles. The average Bonchev–Trinajstić information content (AvgIpc) is 2.38. The van der Waals surface area contributed by atoms with Crippen LogP contribution in [-0.2, 0) is 29.0 Å². The van der Waals surface area contributed by atoms with Crippen molar-refractivity contribution in [3.63, 3.8) is 0 Å². The van der Waals surface area contributed by atoms with Crippen molar-refractivity contribution in [2.75, 3.05) is 6.61 Å². The van der Waals surface area contributed by atoms with Gasteiger partial charge in [-0.2, -0.15) is 0 Å². The summed E-state index contributed by atoms with van der Waals surface area (Å²) < 4.78 is 29.1. The van der Waals surface area contributed by atoms with Gasteiger partial charge in [0.05, 0.1) is 4.91 Å². The minimum absolute atomic E-state index is 0.342. The minimum atomic E-state index is -4.08. The molecular formula is C11H10ClNO7S. The number of carboxylic acid groups (broad SMARTS) is 1. The van der Waals surface area contributed by atoms with Gasteiger partial charge in [0, 0.05) is 12.5 Å². The van der Waals surface area contributed by atoms with Crippen LogP contribution in [0.1, 0.15) is 6.92 Å². The Balaban J connectivity index is 2.60. The molecule has 0 aromatic heterocycles. The van der Waals surface area contributed by atoms with Gasteiger partial charge >= 0.3 is 11.9 Å². The Kier molecular flexibility index (Phi) is 3.58. The first-order chi connectivity index (χ1) is 9.60. The van der Waals surface area contributed by atoms with Gasteiger partial charge in [0.2, 0.25) is 15.7 Å². The maximum Gasteiger partial charge on any atom is 0.353 e. The van der Waals surface area contributed by atoms with E-state index in [0.717, 1.165) is 6.92 Å². The molecule has 10 heteroatoms. The summed E-state index contributed by atoms with van der Waals surface area (Å²) in [6, 6.07) is 0. The van der Waals surface area contributed by atoms with E-state index in [9.17, 15) is 27.9 Å². The molecule has 1 N–H and O–H groups in total. The lowest BCUT2D eigenvalue weighted by Crippen LogP contribution is -2.67. The number of sulfone groups is 1. The van der Waals surface area contributed by atoms with E-state index in [0.29, 0.717) is 4.90 Å². The Labute approximate surface area is 124 Å². The number of carbonyl (C=O) groups excluding carboxylic acids is 2. The van der Waals surface area contributed by atoms with Gasteiger partial charge in [0.1, 0.15) is 17.7 Å². The summed E-state index contributed by atoms with van der Waals surface area (Å²) in [7, 11) is -4.08. The molecule has 2 aliphatic heterocycles. The zero-order valence-corrected chi connectivity index (χ0v) is 12.3. The molecule has 0 aromatic carbocycles. The van der Waals surface area contributed by atoms with Crippen LogP contribution in [0.3, 0.4) is 0 Å². The van der Waals surface area contributed by atoms with E-state index in [1.54, 1.807) is 0 Å². The molecule has 0 saturated carbocycles. The standard InChI is InChI=1S/C11H10ClNO7S/c1-4-6(3-20-5(2)14)8(11(16)17)13-9(15)7(12)10(13)21(4,18)19/h7,10H,1,3H2,2H3,(H,16,17)/t7-,10-/m0/s1. The lowest BCUT2D eigenvalue weighted by atomic mass is 10.1. The highest BCUT2D eigenvalue weighted by Gasteiger charge is 2.60. The number of rotatable bonds is 3. The number of ether oxygens (including phenoxy) is 1. The van der Waals surface area contributed by atoms with Crippen LogP contribution in [0.15, 0.2) is 22.8 Å². The van der Waals surface area contributed by atoms with E-state index < -0.39 is 55.6 Å². The lowest BCUT2D eigenvalue weighted by molar-refractivity contribution is -0.146. The third-order valence-electron chi connectivity index (χ3n) is 3.13. The Hall–Kier alpha value is -1.87. The monoisotopic (exact) mass is 335 g/mol. The van der Waals surface area contributed by atoms with Crippen LogP contribution in [0.4, 0.5) is 0 Å². The summed E-state index contributed by atoms with van der Waals surface area (Å²) in [5, 5.41) is 6.36. The highest BCUT2D eigenvalue weighted by Crippen LogP contribution is 2.43. The first-order valence-electron chi connectivity index (χ1n) is 5.60. The van der Waals surface area contributed by atoms with Crippen molar-refractivity contribution < 1.29 is 32.6 Å². The van der Waals surface area contributed by atoms with Crippen LogP contribution in [0.5, 0.6) is 0 Å². The molecule has 2 rings (SSSR count). The van der Waals surface area contributed by atoms with E-state index in [-0.39, 0.29) is 5.57 Å². The molecule has 21 heavy (non-hydrogen) atoms. The zero-order chi connectivity index (χ0) is 16.1. The fourth-order valence-corrected chi connectivity index (χ4v) is 4.44. The van der Waals surface area contributed by atoms with Crippen molar-refractivity contribution in [3.8, 4) is 0 Å². The molecule has 1 fully saturated rings. The van der Waals surface area contributed by atoms with Crippen LogP contribution in [0.2, 0.25) is 0 Å². The van der Waals surface area contributed by atoms with Crippen molar-refractivity contribution in [2.45, 2.75) is 17.7 Å². The predicted octanol–water partition coefficient (Wildman–Crippen LogP) is -0.394. The first kappa shape index (κ1) is 15.5. The summed E-state index contributed by atoms with van der Waals surface area (Å²) in [5.41, 5.74) is -0.922. The third kappa shape index (κ3) is 2.12. The van der Waals surface area contributed by atoms with Crippen LogP contribution in [0.25, 0.3) is 0 Å². The second-order valence-electron chi connectivity index (χ2n) is 4.38. The molecule has 8 nitrogen and oxygen atoms in total. The number of amides is 1. The van der Waals surface area contributed by atoms with Gasteiger partial charge in [-0.25, -0.2) is 13.2 Å². The molecule has 0 aromatic rings. The summed E-state index contributed by atoms with van der Waals surface area (Å²) in [6.45, 7) is 3.80. The number of halogens is 1. The highest BCUT2D eigenvalue weighted by atomic mass is 35.5. The van der Waals surface area contributed by atoms with Gasteiger partial charge in [-0.05, 0) is 0 Å². The number of carboxylic acids is 1. The Morgan fingerprint density at radius 1 is 1.48 bits per heavy atom. The maximum absolute atomic E-state index is 12.2. The fourth-order valence-electron chi connectivity index (χ4n) is 2.11. The number of nitrogens with zero attached hydrogens (tertiary/aromatic N) is 1. The quantitative estimate of drug-likeness (QED) is 0.423. The molecule has 0 unspecified atom stereocenters. The number of esters is 1. The Morgan fingerprint density at radius 2 is 2.05 bits per heavy atom. The van der Waals surface area contributed by atoms with Crippen LogP contribution in [0, 0.1) is 0 Å². The number of alkyl halides is 1. The van der Waals surface area contributed by atoms with Gasteiger partial charge in [-0.3, -0.25) is 14.5 Å². The molecular weight excluding hydrogens is 326 g/mol. The van der Waals surface area contributed by atoms with Crippen molar-refractivity contribution in [3.05, 3.63) is 22.8 Å². The average molecular weight is 336 g/mol. The number of β-lactam (4-membered cyclic amide) rings is 1. The molecule has 0 spiro atoms. The number of hydrogen-bond acceptors (Lipinski definition) is 6. The molecule has 0 radical (unpaired) electrons. The summed E-state index contributed by atoms with van der Waals surface area (Å²) in [6.07, 6.45) is 0. The maximum atomic E-state index is 12.2.